The smallest absolute Gasteiger partial charge is 0.121 e. The highest BCUT2D eigenvalue weighted by molar-refractivity contribution is 5.60. The quantitative estimate of drug-likeness (QED) is 0.413. The first-order valence-electron chi connectivity index (χ1n) is 12.3. The van der Waals surface area contributed by atoms with Gasteiger partial charge in [-0.1, -0.05) is 52.0 Å². The van der Waals surface area contributed by atoms with E-state index in [1.54, 1.807) is 0 Å². The number of hydrogen-bond donors (Lipinski definition) is 2. The maximum atomic E-state index is 10.6. The number of benzene rings is 3. The van der Waals surface area contributed by atoms with Crippen molar-refractivity contribution in [1.29, 1.82) is 0 Å². The van der Waals surface area contributed by atoms with Crippen molar-refractivity contribution < 1.29 is 10.2 Å². The number of hydrogen-bond acceptors (Lipinski definition) is 2. The summed E-state index contributed by atoms with van der Waals surface area (Å²) in [5, 5.41) is 21.2. The summed E-state index contributed by atoms with van der Waals surface area (Å²) in [5.41, 5.74) is 13.1. The summed E-state index contributed by atoms with van der Waals surface area (Å²) in [6, 6.07) is 8.97. The van der Waals surface area contributed by atoms with E-state index in [4.69, 9.17) is 0 Å². The van der Waals surface area contributed by atoms with Crippen molar-refractivity contribution in [3.63, 3.8) is 0 Å². The highest BCUT2D eigenvalue weighted by Gasteiger charge is 2.33. The van der Waals surface area contributed by atoms with Crippen LogP contribution < -0.4 is 0 Å². The summed E-state index contributed by atoms with van der Waals surface area (Å²) in [6.07, 6.45) is 0. The zero-order valence-corrected chi connectivity index (χ0v) is 23.2. The Kier molecular flexibility index (Phi) is 6.46. The molecule has 2 N–H and O–H groups in total. The van der Waals surface area contributed by atoms with Crippen LogP contribution in [-0.2, 0) is 10.8 Å². The molecule has 2 nitrogen and oxygen atoms in total. The van der Waals surface area contributed by atoms with E-state index in [0.717, 1.165) is 44.5 Å². The molecule has 0 unspecified atom stereocenters. The zero-order valence-electron chi connectivity index (χ0n) is 23.2. The average Bonchev–Trinajstić information content (AvgIpc) is 2.78. The van der Waals surface area contributed by atoms with Crippen LogP contribution in [0.25, 0.3) is 0 Å². The molecule has 0 aromatic heterocycles. The molecule has 3 rings (SSSR count). The molecule has 2 heteroatoms. The van der Waals surface area contributed by atoms with Crippen molar-refractivity contribution in [3.8, 4) is 11.5 Å². The number of rotatable bonds is 4. The van der Waals surface area contributed by atoms with Crippen LogP contribution in [0.4, 0.5) is 0 Å². The van der Waals surface area contributed by atoms with Crippen molar-refractivity contribution in [2.24, 2.45) is 0 Å². The van der Waals surface area contributed by atoms with Gasteiger partial charge < -0.3 is 10.2 Å². The molecule has 0 aliphatic carbocycles. The second-order valence-electron chi connectivity index (χ2n) is 11.3. The van der Waals surface area contributed by atoms with Crippen molar-refractivity contribution in [3.05, 3.63) is 91.0 Å². The molecular formula is C32H42O2. The van der Waals surface area contributed by atoms with E-state index >= 15 is 0 Å². The molecule has 3 aromatic carbocycles. The fourth-order valence-electron chi connectivity index (χ4n) is 6.05. The van der Waals surface area contributed by atoms with E-state index in [1.807, 2.05) is 27.7 Å². The molecule has 0 spiro atoms. The zero-order chi connectivity index (χ0) is 25.9. The Balaban J connectivity index is 2.25. The second kappa shape index (κ2) is 8.48. The van der Waals surface area contributed by atoms with Crippen molar-refractivity contribution in [1.82, 2.24) is 0 Å². The van der Waals surface area contributed by atoms with Gasteiger partial charge in [-0.3, -0.25) is 0 Å². The van der Waals surface area contributed by atoms with Crippen LogP contribution >= 0.6 is 0 Å². The van der Waals surface area contributed by atoms with E-state index in [9.17, 15) is 10.2 Å². The van der Waals surface area contributed by atoms with E-state index < -0.39 is 0 Å². The molecule has 0 heterocycles. The molecule has 0 aliphatic heterocycles. The molecule has 0 saturated carbocycles. The summed E-state index contributed by atoms with van der Waals surface area (Å²) in [5.74, 6) is 0.821. The predicted molar refractivity (Wildman–Crippen MR) is 145 cm³/mol. The van der Waals surface area contributed by atoms with E-state index in [1.165, 1.54) is 22.3 Å². The first kappa shape index (κ1) is 25.9. The molecule has 3 aromatic rings. The van der Waals surface area contributed by atoms with Gasteiger partial charge in [0.1, 0.15) is 11.5 Å². The molecule has 182 valence electrons. The Morgan fingerprint density at radius 2 is 0.735 bits per heavy atom. The van der Waals surface area contributed by atoms with Gasteiger partial charge in [0.2, 0.25) is 0 Å². The average molecular weight is 459 g/mol. The minimum Gasteiger partial charge on any atom is -0.507 e. The molecule has 0 saturated heterocycles. The van der Waals surface area contributed by atoms with Gasteiger partial charge >= 0.3 is 0 Å². The Morgan fingerprint density at radius 1 is 0.471 bits per heavy atom. The number of phenols is 2. The summed E-state index contributed by atoms with van der Waals surface area (Å²) >= 11 is 0. The Labute approximate surface area is 206 Å². The predicted octanol–water partition coefficient (Wildman–Crippen LogP) is 8.22. The van der Waals surface area contributed by atoms with Crippen molar-refractivity contribution in [2.75, 3.05) is 0 Å². The van der Waals surface area contributed by atoms with Crippen molar-refractivity contribution >= 4 is 0 Å². The standard InChI is InChI=1S/C32H42O2/c1-17-21(5)29(33)22(6)18(2)27(17)31(9,10)25-14-13-15-26(16-25)32(11,12)28-19(3)23(7)30(34)24(8)20(28)4/h13-16,33-34H,1-12H3. The molecule has 34 heavy (non-hydrogen) atoms. The lowest BCUT2D eigenvalue weighted by atomic mass is 9.69. The molecule has 0 atom stereocenters. The van der Waals surface area contributed by atoms with Crippen LogP contribution in [0.3, 0.4) is 0 Å². The van der Waals surface area contributed by atoms with Gasteiger partial charge in [-0.05, 0) is 122 Å². The Morgan fingerprint density at radius 3 is 1.00 bits per heavy atom. The van der Waals surface area contributed by atoms with Gasteiger partial charge in [-0.25, -0.2) is 0 Å². The van der Waals surface area contributed by atoms with Gasteiger partial charge in [0.05, 0.1) is 0 Å². The number of phenolic OH excluding ortho intramolecular Hbond substituents is 2. The molecule has 0 bridgehead atoms. The van der Waals surface area contributed by atoms with Crippen LogP contribution in [0.1, 0.15) is 94.5 Å². The molecule has 0 aliphatic rings. The van der Waals surface area contributed by atoms with Gasteiger partial charge in [0.25, 0.3) is 0 Å². The fourth-order valence-corrected chi connectivity index (χ4v) is 6.05. The van der Waals surface area contributed by atoms with Crippen LogP contribution in [-0.4, -0.2) is 10.2 Å². The summed E-state index contributed by atoms with van der Waals surface area (Å²) in [7, 11) is 0. The fraction of sp³-hybridized carbons (Fsp3) is 0.438. The van der Waals surface area contributed by atoms with Gasteiger partial charge in [0.15, 0.2) is 0 Å². The van der Waals surface area contributed by atoms with Crippen LogP contribution in [0.2, 0.25) is 0 Å². The monoisotopic (exact) mass is 458 g/mol. The molecular weight excluding hydrogens is 416 g/mol. The Hall–Kier alpha value is -2.74. The minimum atomic E-state index is -0.228. The maximum Gasteiger partial charge on any atom is 0.121 e. The van der Waals surface area contributed by atoms with Gasteiger partial charge in [-0.15, -0.1) is 0 Å². The second-order valence-corrected chi connectivity index (χ2v) is 11.3. The summed E-state index contributed by atoms with van der Waals surface area (Å²) in [4.78, 5) is 0. The lowest BCUT2D eigenvalue weighted by molar-refractivity contribution is 0.463. The highest BCUT2D eigenvalue weighted by Crippen LogP contribution is 2.45. The third-order valence-corrected chi connectivity index (χ3v) is 8.73. The molecule has 0 radical (unpaired) electrons. The Bertz CT molecular complexity index is 1130. The molecule has 0 fully saturated rings. The lowest BCUT2D eigenvalue weighted by Gasteiger charge is -2.35. The lowest BCUT2D eigenvalue weighted by Crippen LogP contribution is -2.26. The van der Waals surface area contributed by atoms with Crippen LogP contribution in [0.15, 0.2) is 24.3 Å². The SMILES string of the molecule is Cc1c(C)c(C(C)(C)c2cccc(C(C)(C)c3c(C)c(C)c(O)c(C)c3C)c2)c(C)c(C)c1O. The maximum absolute atomic E-state index is 10.6. The first-order chi connectivity index (χ1) is 15.6. The normalized spacial score (nSPS) is 12.4. The summed E-state index contributed by atoms with van der Waals surface area (Å²) in [6.45, 7) is 25.7. The highest BCUT2D eigenvalue weighted by atomic mass is 16.3. The van der Waals surface area contributed by atoms with Crippen molar-refractivity contribution in [2.45, 2.75) is 93.9 Å². The largest absolute Gasteiger partial charge is 0.507 e. The third-order valence-electron chi connectivity index (χ3n) is 8.73. The van der Waals surface area contributed by atoms with E-state index in [-0.39, 0.29) is 10.8 Å². The van der Waals surface area contributed by atoms with Gasteiger partial charge in [0, 0.05) is 10.8 Å². The van der Waals surface area contributed by atoms with E-state index in [0.29, 0.717) is 11.5 Å². The van der Waals surface area contributed by atoms with Crippen LogP contribution in [0.5, 0.6) is 11.5 Å². The number of aromatic hydroxyl groups is 2. The first-order valence-corrected chi connectivity index (χ1v) is 12.3. The van der Waals surface area contributed by atoms with E-state index in [2.05, 4.69) is 79.7 Å². The third kappa shape index (κ3) is 3.72. The topological polar surface area (TPSA) is 40.5 Å². The molecule has 0 amide bonds. The summed E-state index contributed by atoms with van der Waals surface area (Å²) < 4.78 is 0. The van der Waals surface area contributed by atoms with Crippen LogP contribution in [0, 0.1) is 55.4 Å². The minimum absolute atomic E-state index is 0.228. The van der Waals surface area contributed by atoms with Gasteiger partial charge in [-0.2, -0.15) is 0 Å².